The Balaban J connectivity index is 0.00000289. The second-order valence-corrected chi connectivity index (χ2v) is 9.28. The van der Waals surface area contributed by atoms with Crippen molar-refractivity contribution in [1.29, 1.82) is 0 Å². The van der Waals surface area contributed by atoms with Gasteiger partial charge in [0.1, 0.15) is 12.4 Å². The zero-order valence-corrected chi connectivity index (χ0v) is 21.8. The molecule has 0 aromatic carbocycles. The van der Waals surface area contributed by atoms with Gasteiger partial charge in [-0.25, -0.2) is 4.99 Å². The minimum Gasteiger partial charge on any atom is -0.391 e. The second-order valence-electron chi connectivity index (χ2n) is 9.28. The predicted molar refractivity (Wildman–Crippen MR) is 135 cm³/mol. The standard InChI is InChI=1S/C22H39N7O2.HI/c1-16-26-27-21(28(16)2)15-24-22(23-14-18-6-5-13-31-18)25-17-9-11-29(12-10-17)19-7-3-4-8-20(19)30;/h17-20,30H,3-15H2,1-2H3,(H2,23,24,25);1H. The molecule has 3 atom stereocenters. The van der Waals surface area contributed by atoms with E-state index in [1.807, 2.05) is 18.5 Å². The lowest BCUT2D eigenvalue weighted by molar-refractivity contribution is 0.00809. The fourth-order valence-electron chi connectivity index (χ4n) is 4.99. The SMILES string of the molecule is Cc1nnc(CN=C(NCC2CCCO2)NC2CCN(C3CCCCC3O)CC2)n1C.I. The average Bonchev–Trinajstić information content (AvgIpc) is 3.42. The van der Waals surface area contributed by atoms with Gasteiger partial charge in [0.15, 0.2) is 11.8 Å². The highest BCUT2D eigenvalue weighted by atomic mass is 127. The number of nitrogens with zero attached hydrogens (tertiary/aromatic N) is 5. The van der Waals surface area contributed by atoms with E-state index in [9.17, 15) is 5.11 Å². The lowest BCUT2D eigenvalue weighted by Crippen LogP contribution is -2.54. The largest absolute Gasteiger partial charge is 0.391 e. The smallest absolute Gasteiger partial charge is 0.192 e. The van der Waals surface area contributed by atoms with Gasteiger partial charge >= 0.3 is 0 Å². The van der Waals surface area contributed by atoms with Crippen LogP contribution in [0.3, 0.4) is 0 Å². The first kappa shape index (κ1) is 25.6. The third kappa shape index (κ3) is 6.77. The lowest BCUT2D eigenvalue weighted by atomic mass is 9.89. The van der Waals surface area contributed by atoms with Crippen LogP contribution in [0.4, 0.5) is 0 Å². The quantitative estimate of drug-likeness (QED) is 0.277. The summed E-state index contributed by atoms with van der Waals surface area (Å²) in [5.41, 5.74) is 0. The van der Waals surface area contributed by atoms with Crippen LogP contribution in [0.25, 0.3) is 0 Å². The Morgan fingerprint density at radius 2 is 1.91 bits per heavy atom. The fourth-order valence-corrected chi connectivity index (χ4v) is 4.99. The Morgan fingerprint density at radius 3 is 2.56 bits per heavy atom. The first-order valence-electron chi connectivity index (χ1n) is 12.0. The van der Waals surface area contributed by atoms with Crippen molar-refractivity contribution >= 4 is 29.9 Å². The van der Waals surface area contributed by atoms with E-state index < -0.39 is 0 Å². The van der Waals surface area contributed by atoms with Gasteiger partial charge in [-0.3, -0.25) is 4.90 Å². The van der Waals surface area contributed by atoms with Crippen molar-refractivity contribution in [3.63, 3.8) is 0 Å². The molecule has 9 nitrogen and oxygen atoms in total. The highest BCUT2D eigenvalue weighted by Gasteiger charge is 2.31. The number of piperidine rings is 1. The van der Waals surface area contributed by atoms with Crippen LogP contribution in [0.15, 0.2) is 4.99 Å². The van der Waals surface area contributed by atoms with E-state index in [-0.39, 0.29) is 36.2 Å². The number of guanidine groups is 1. The Labute approximate surface area is 208 Å². The van der Waals surface area contributed by atoms with E-state index >= 15 is 0 Å². The zero-order chi connectivity index (χ0) is 21.6. The van der Waals surface area contributed by atoms with Crippen LogP contribution in [-0.2, 0) is 18.3 Å². The molecule has 182 valence electrons. The molecule has 1 aromatic rings. The molecule has 1 saturated carbocycles. The molecule has 3 unspecified atom stereocenters. The van der Waals surface area contributed by atoms with Crippen molar-refractivity contribution in [2.45, 2.75) is 89.1 Å². The van der Waals surface area contributed by atoms with Gasteiger partial charge in [-0.2, -0.15) is 0 Å². The number of aliphatic hydroxyl groups is 1. The van der Waals surface area contributed by atoms with E-state index in [0.717, 1.165) is 88.8 Å². The number of nitrogens with one attached hydrogen (secondary N) is 2. The van der Waals surface area contributed by atoms with Crippen molar-refractivity contribution < 1.29 is 9.84 Å². The van der Waals surface area contributed by atoms with Crippen LogP contribution in [-0.4, -0.2) is 81.3 Å². The van der Waals surface area contributed by atoms with Crippen molar-refractivity contribution in [2.24, 2.45) is 12.0 Å². The molecule has 3 N–H and O–H groups in total. The molecule has 0 spiro atoms. The summed E-state index contributed by atoms with van der Waals surface area (Å²) in [6.07, 6.45) is 8.96. The van der Waals surface area contributed by atoms with Crippen LogP contribution < -0.4 is 10.6 Å². The second kappa shape index (κ2) is 12.5. The number of ether oxygens (including phenoxy) is 1. The number of hydrogen-bond donors (Lipinski definition) is 3. The van der Waals surface area contributed by atoms with Gasteiger partial charge in [-0.05, 0) is 45.4 Å². The number of hydrogen-bond acceptors (Lipinski definition) is 6. The van der Waals surface area contributed by atoms with Gasteiger partial charge in [0.05, 0.1) is 12.2 Å². The molecule has 2 saturated heterocycles. The minimum atomic E-state index is -0.154. The van der Waals surface area contributed by atoms with Gasteiger partial charge in [-0.15, -0.1) is 34.2 Å². The fraction of sp³-hybridized carbons (Fsp3) is 0.864. The molecule has 3 fully saturated rings. The van der Waals surface area contributed by atoms with Gasteiger partial charge in [0, 0.05) is 45.4 Å². The summed E-state index contributed by atoms with van der Waals surface area (Å²) in [5.74, 6) is 2.58. The maximum atomic E-state index is 10.4. The van der Waals surface area contributed by atoms with E-state index in [4.69, 9.17) is 9.73 Å². The molecule has 3 aliphatic rings. The summed E-state index contributed by atoms with van der Waals surface area (Å²) in [5, 5.41) is 25.9. The summed E-state index contributed by atoms with van der Waals surface area (Å²) >= 11 is 0. The molecule has 1 aromatic heterocycles. The molecular formula is C22H40IN7O2. The molecule has 1 aliphatic carbocycles. The van der Waals surface area contributed by atoms with E-state index in [2.05, 4.69) is 25.7 Å². The third-order valence-corrected chi connectivity index (χ3v) is 7.12. The third-order valence-electron chi connectivity index (χ3n) is 7.12. The molecule has 32 heavy (non-hydrogen) atoms. The van der Waals surface area contributed by atoms with E-state index in [1.54, 1.807) is 0 Å². The van der Waals surface area contributed by atoms with Gasteiger partial charge in [0.2, 0.25) is 0 Å². The molecular weight excluding hydrogens is 521 g/mol. The van der Waals surface area contributed by atoms with Crippen LogP contribution in [0.2, 0.25) is 0 Å². The number of aromatic nitrogens is 3. The molecule has 0 radical (unpaired) electrons. The van der Waals surface area contributed by atoms with Crippen LogP contribution in [0.1, 0.15) is 63.0 Å². The van der Waals surface area contributed by atoms with Crippen molar-refractivity contribution in [3.05, 3.63) is 11.6 Å². The monoisotopic (exact) mass is 561 g/mol. The van der Waals surface area contributed by atoms with Gasteiger partial charge < -0.3 is 25.0 Å². The zero-order valence-electron chi connectivity index (χ0n) is 19.5. The van der Waals surface area contributed by atoms with Crippen LogP contribution in [0, 0.1) is 6.92 Å². The first-order chi connectivity index (χ1) is 15.1. The summed E-state index contributed by atoms with van der Waals surface area (Å²) in [4.78, 5) is 7.31. The van der Waals surface area contributed by atoms with E-state index in [1.165, 1.54) is 6.42 Å². The van der Waals surface area contributed by atoms with Gasteiger partial charge in [-0.1, -0.05) is 12.8 Å². The highest BCUT2D eigenvalue weighted by molar-refractivity contribution is 14.0. The van der Waals surface area contributed by atoms with Crippen molar-refractivity contribution in [1.82, 2.24) is 30.3 Å². The number of halogens is 1. The van der Waals surface area contributed by atoms with Gasteiger partial charge in [0.25, 0.3) is 0 Å². The number of rotatable bonds is 6. The summed E-state index contributed by atoms with van der Waals surface area (Å²) in [6, 6.07) is 0.730. The summed E-state index contributed by atoms with van der Waals surface area (Å²) in [6.45, 7) is 6.13. The first-order valence-corrected chi connectivity index (χ1v) is 12.0. The molecule has 2 aliphatic heterocycles. The number of aliphatic hydroxyl groups excluding tert-OH is 1. The minimum absolute atomic E-state index is 0. The molecule has 3 heterocycles. The van der Waals surface area contributed by atoms with Crippen molar-refractivity contribution in [2.75, 3.05) is 26.2 Å². The summed E-state index contributed by atoms with van der Waals surface area (Å²) in [7, 11) is 1.97. The molecule has 10 heteroatoms. The average molecular weight is 562 g/mol. The molecule has 0 bridgehead atoms. The Hall–Kier alpha value is -0.980. The molecule has 4 rings (SSSR count). The Bertz CT molecular complexity index is 730. The number of likely N-dealkylation sites (tertiary alicyclic amines) is 1. The number of aryl methyl sites for hydroxylation is 1. The maximum absolute atomic E-state index is 10.4. The van der Waals surface area contributed by atoms with E-state index in [0.29, 0.717) is 18.6 Å². The van der Waals surface area contributed by atoms with Crippen LogP contribution in [0.5, 0.6) is 0 Å². The molecule has 0 amide bonds. The highest BCUT2D eigenvalue weighted by Crippen LogP contribution is 2.25. The lowest BCUT2D eigenvalue weighted by Gasteiger charge is -2.41. The Kier molecular flexibility index (Phi) is 9.99. The maximum Gasteiger partial charge on any atom is 0.192 e. The van der Waals surface area contributed by atoms with Crippen molar-refractivity contribution in [3.8, 4) is 0 Å². The van der Waals surface area contributed by atoms with Crippen LogP contribution >= 0.6 is 24.0 Å². The topological polar surface area (TPSA) is 99.8 Å². The normalized spacial score (nSPS) is 27.8. The summed E-state index contributed by atoms with van der Waals surface area (Å²) < 4.78 is 7.75. The predicted octanol–water partition coefficient (Wildman–Crippen LogP) is 1.72. The number of aliphatic imine (C=N–C) groups is 1. The Morgan fingerprint density at radius 1 is 1.12 bits per heavy atom.